The van der Waals surface area contributed by atoms with Gasteiger partial charge in [0.15, 0.2) is 5.76 Å². The van der Waals surface area contributed by atoms with Crippen molar-refractivity contribution in [2.75, 3.05) is 13.6 Å². The molecule has 0 bridgehead atoms. The van der Waals surface area contributed by atoms with E-state index in [1.54, 1.807) is 6.20 Å². The van der Waals surface area contributed by atoms with Crippen molar-refractivity contribution in [3.8, 4) is 11.3 Å². The number of hydrogen-bond acceptors (Lipinski definition) is 3. The van der Waals surface area contributed by atoms with Crippen LogP contribution in [-0.4, -0.2) is 18.7 Å². The standard InChI is InChI=1S/C14H16N2O/c1-15-10-3-2-4-12-5-7-13(8-6-12)14-9-11-16-17-14/h2,4-9,11,15H,3,10H2,1H3. The van der Waals surface area contributed by atoms with Crippen LogP contribution in [0.1, 0.15) is 12.0 Å². The lowest BCUT2D eigenvalue weighted by atomic mass is 10.1. The Labute approximate surface area is 101 Å². The van der Waals surface area contributed by atoms with Crippen molar-refractivity contribution in [1.29, 1.82) is 0 Å². The Kier molecular flexibility index (Phi) is 4.11. The Morgan fingerprint density at radius 1 is 1.24 bits per heavy atom. The van der Waals surface area contributed by atoms with Gasteiger partial charge in [-0.3, -0.25) is 0 Å². The Hall–Kier alpha value is -1.87. The highest BCUT2D eigenvalue weighted by molar-refractivity contribution is 5.60. The maximum Gasteiger partial charge on any atom is 0.166 e. The fourth-order valence-corrected chi connectivity index (χ4v) is 1.57. The first-order chi connectivity index (χ1) is 8.40. The van der Waals surface area contributed by atoms with Crippen molar-refractivity contribution in [2.24, 2.45) is 0 Å². The van der Waals surface area contributed by atoms with Crippen molar-refractivity contribution >= 4 is 6.08 Å². The second kappa shape index (κ2) is 6.01. The molecule has 0 aliphatic carbocycles. The van der Waals surface area contributed by atoms with Crippen LogP contribution >= 0.6 is 0 Å². The largest absolute Gasteiger partial charge is 0.356 e. The Morgan fingerprint density at radius 3 is 2.71 bits per heavy atom. The van der Waals surface area contributed by atoms with Crippen LogP contribution in [0.5, 0.6) is 0 Å². The molecule has 88 valence electrons. The zero-order valence-electron chi connectivity index (χ0n) is 9.89. The molecule has 0 fully saturated rings. The molecule has 0 radical (unpaired) electrons. The van der Waals surface area contributed by atoms with E-state index in [-0.39, 0.29) is 0 Å². The van der Waals surface area contributed by atoms with Gasteiger partial charge in [0, 0.05) is 11.6 Å². The Morgan fingerprint density at radius 2 is 2.06 bits per heavy atom. The van der Waals surface area contributed by atoms with Crippen molar-refractivity contribution in [3.63, 3.8) is 0 Å². The van der Waals surface area contributed by atoms with Crippen LogP contribution in [-0.2, 0) is 0 Å². The third kappa shape index (κ3) is 3.29. The van der Waals surface area contributed by atoms with Gasteiger partial charge in [-0.1, -0.05) is 41.6 Å². The normalized spacial score (nSPS) is 11.1. The predicted molar refractivity (Wildman–Crippen MR) is 69.5 cm³/mol. The maximum atomic E-state index is 5.10. The van der Waals surface area contributed by atoms with E-state index in [4.69, 9.17) is 4.52 Å². The summed E-state index contributed by atoms with van der Waals surface area (Å²) in [6, 6.07) is 10.1. The van der Waals surface area contributed by atoms with Crippen LogP contribution in [0.15, 0.2) is 47.1 Å². The highest BCUT2D eigenvalue weighted by Crippen LogP contribution is 2.19. The molecule has 0 saturated heterocycles. The first kappa shape index (κ1) is 11.6. The maximum absolute atomic E-state index is 5.10. The summed E-state index contributed by atoms with van der Waals surface area (Å²) in [5, 5.41) is 6.81. The summed E-state index contributed by atoms with van der Waals surface area (Å²) in [7, 11) is 1.96. The lowest BCUT2D eigenvalue weighted by molar-refractivity contribution is 0.432. The fraction of sp³-hybridized carbons (Fsp3) is 0.214. The molecule has 2 aromatic rings. The van der Waals surface area contributed by atoms with Gasteiger partial charge in [0.05, 0.1) is 6.20 Å². The number of benzene rings is 1. The van der Waals surface area contributed by atoms with Crippen LogP contribution < -0.4 is 5.32 Å². The average Bonchev–Trinajstić information content (AvgIpc) is 2.89. The van der Waals surface area contributed by atoms with E-state index in [0.29, 0.717) is 0 Å². The summed E-state index contributed by atoms with van der Waals surface area (Å²) >= 11 is 0. The molecule has 3 heteroatoms. The predicted octanol–water partition coefficient (Wildman–Crippen LogP) is 2.96. The molecule has 1 aromatic carbocycles. The second-order valence-corrected chi connectivity index (χ2v) is 3.79. The number of nitrogens with one attached hydrogen (secondary N) is 1. The smallest absolute Gasteiger partial charge is 0.166 e. The molecule has 3 nitrogen and oxygen atoms in total. The minimum absolute atomic E-state index is 0.802. The third-order valence-electron chi connectivity index (χ3n) is 2.50. The van der Waals surface area contributed by atoms with E-state index in [1.807, 2.05) is 25.2 Å². The van der Waals surface area contributed by atoms with Gasteiger partial charge < -0.3 is 9.84 Å². The Bertz CT molecular complexity index is 457. The molecule has 0 amide bonds. The molecular formula is C14H16N2O. The minimum atomic E-state index is 0.802. The van der Waals surface area contributed by atoms with Crippen molar-refractivity contribution < 1.29 is 4.52 Å². The van der Waals surface area contributed by atoms with Gasteiger partial charge in [-0.25, -0.2) is 0 Å². The van der Waals surface area contributed by atoms with Crippen LogP contribution in [0.2, 0.25) is 0 Å². The molecule has 0 aliphatic rings. The molecule has 0 saturated carbocycles. The van der Waals surface area contributed by atoms with E-state index in [1.165, 1.54) is 5.56 Å². The van der Waals surface area contributed by atoms with Gasteiger partial charge >= 0.3 is 0 Å². The molecule has 1 heterocycles. The van der Waals surface area contributed by atoms with Crippen molar-refractivity contribution in [2.45, 2.75) is 6.42 Å². The molecule has 1 N–H and O–H groups in total. The second-order valence-electron chi connectivity index (χ2n) is 3.79. The summed E-state index contributed by atoms with van der Waals surface area (Å²) in [4.78, 5) is 0. The van der Waals surface area contributed by atoms with Gasteiger partial charge in [-0.2, -0.15) is 0 Å². The third-order valence-corrected chi connectivity index (χ3v) is 2.50. The summed E-state index contributed by atoms with van der Waals surface area (Å²) in [5.41, 5.74) is 2.25. The van der Waals surface area contributed by atoms with Gasteiger partial charge in [-0.05, 0) is 25.6 Å². The average molecular weight is 228 g/mol. The van der Waals surface area contributed by atoms with Gasteiger partial charge in [-0.15, -0.1) is 0 Å². The topological polar surface area (TPSA) is 38.1 Å². The van der Waals surface area contributed by atoms with E-state index >= 15 is 0 Å². The highest BCUT2D eigenvalue weighted by Gasteiger charge is 1.99. The zero-order valence-corrected chi connectivity index (χ0v) is 9.89. The fourth-order valence-electron chi connectivity index (χ4n) is 1.57. The van der Waals surface area contributed by atoms with Gasteiger partial charge in [0.25, 0.3) is 0 Å². The van der Waals surface area contributed by atoms with Crippen molar-refractivity contribution in [1.82, 2.24) is 10.5 Å². The van der Waals surface area contributed by atoms with E-state index < -0.39 is 0 Å². The molecular weight excluding hydrogens is 212 g/mol. The number of aromatic nitrogens is 1. The zero-order chi connectivity index (χ0) is 11.9. The van der Waals surface area contributed by atoms with E-state index in [9.17, 15) is 0 Å². The van der Waals surface area contributed by atoms with Crippen LogP contribution in [0.3, 0.4) is 0 Å². The van der Waals surface area contributed by atoms with Gasteiger partial charge in [0.2, 0.25) is 0 Å². The first-order valence-corrected chi connectivity index (χ1v) is 5.72. The summed E-state index contributed by atoms with van der Waals surface area (Å²) in [5.74, 6) is 0.802. The molecule has 0 atom stereocenters. The Balaban J connectivity index is 2.01. The quantitative estimate of drug-likeness (QED) is 0.799. The number of rotatable bonds is 5. The molecule has 2 rings (SSSR count). The number of hydrogen-bond donors (Lipinski definition) is 1. The van der Waals surface area contributed by atoms with E-state index in [0.717, 1.165) is 24.3 Å². The van der Waals surface area contributed by atoms with Crippen LogP contribution in [0.4, 0.5) is 0 Å². The van der Waals surface area contributed by atoms with Crippen molar-refractivity contribution in [3.05, 3.63) is 48.2 Å². The van der Waals surface area contributed by atoms with Crippen LogP contribution in [0, 0.1) is 0 Å². The summed E-state index contributed by atoms with van der Waals surface area (Å²) in [6.07, 6.45) is 6.99. The molecule has 0 aliphatic heterocycles. The molecule has 1 aromatic heterocycles. The summed E-state index contributed by atoms with van der Waals surface area (Å²) in [6.45, 7) is 1.01. The molecule has 0 spiro atoms. The van der Waals surface area contributed by atoms with Crippen LogP contribution in [0.25, 0.3) is 17.4 Å². The summed E-state index contributed by atoms with van der Waals surface area (Å²) < 4.78 is 5.10. The minimum Gasteiger partial charge on any atom is -0.356 e. The monoisotopic (exact) mass is 228 g/mol. The molecule has 17 heavy (non-hydrogen) atoms. The lowest BCUT2D eigenvalue weighted by Crippen LogP contribution is -2.05. The molecule has 0 unspecified atom stereocenters. The number of nitrogens with zero attached hydrogens (tertiary/aromatic N) is 1. The highest BCUT2D eigenvalue weighted by atomic mass is 16.5. The van der Waals surface area contributed by atoms with Gasteiger partial charge in [0.1, 0.15) is 0 Å². The SMILES string of the molecule is CNCCC=Cc1ccc(-c2ccno2)cc1. The lowest BCUT2D eigenvalue weighted by Gasteiger charge is -1.97. The first-order valence-electron chi connectivity index (χ1n) is 5.72. The van der Waals surface area contributed by atoms with E-state index in [2.05, 4.69) is 34.8 Å².